The third kappa shape index (κ3) is 2.42. The molecule has 92 valence electrons. The summed E-state index contributed by atoms with van der Waals surface area (Å²) >= 11 is 0. The number of aromatic nitrogens is 2. The molecule has 0 aliphatic heterocycles. The van der Waals surface area contributed by atoms with Crippen molar-refractivity contribution < 1.29 is 13.9 Å². The lowest BCUT2D eigenvalue weighted by atomic mass is 10.1. The van der Waals surface area contributed by atoms with Gasteiger partial charge in [0.25, 0.3) is 0 Å². The van der Waals surface area contributed by atoms with Gasteiger partial charge in [0.15, 0.2) is 0 Å². The molecule has 0 fully saturated rings. The van der Waals surface area contributed by atoms with Gasteiger partial charge in [-0.25, -0.2) is 19.0 Å². The SMILES string of the molecule is COC(=O)c1cc(F)cc(-c2ccnc(=O)[nH]2)c1. The fourth-order valence-electron chi connectivity index (χ4n) is 1.52. The molecule has 0 saturated carbocycles. The molecule has 0 unspecified atom stereocenters. The Kier molecular flexibility index (Phi) is 3.18. The van der Waals surface area contributed by atoms with Crippen molar-refractivity contribution in [3.05, 3.63) is 52.3 Å². The van der Waals surface area contributed by atoms with Crippen LogP contribution >= 0.6 is 0 Å². The maximum Gasteiger partial charge on any atom is 0.345 e. The summed E-state index contributed by atoms with van der Waals surface area (Å²) in [5.41, 5.74) is 0.274. The third-order valence-electron chi connectivity index (χ3n) is 2.30. The van der Waals surface area contributed by atoms with Crippen molar-refractivity contribution in [3.8, 4) is 11.3 Å². The van der Waals surface area contributed by atoms with Crippen molar-refractivity contribution in [1.82, 2.24) is 9.97 Å². The number of methoxy groups -OCH3 is 1. The molecule has 0 saturated heterocycles. The molecule has 0 amide bonds. The minimum Gasteiger partial charge on any atom is -0.465 e. The molecule has 0 radical (unpaired) electrons. The number of esters is 1. The standard InChI is InChI=1S/C12H9FN2O3/c1-18-11(16)8-4-7(5-9(13)6-8)10-2-3-14-12(17)15-10/h2-6H,1H3,(H,14,15,17). The molecule has 1 aromatic heterocycles. The quantitative estimate of drug-likeness (QED) is 0.814. The smallest absolute Gasteiger partial charge is 0.345 e. The highest BCUT2D eigenvalue weighted by molar-refractivity contribution is 5.90. The maximum absolute atomic E-state index is 13.4. The summed E-state index contributed by atoms with van der Waals surface area (Å²) in [7, 11) is 1.21. The molecule has 2 rings (SSSR count). The van der Waals surface area contributed by atoms with Crippen LogP contribution in [0.25, 0.3) is 11.3 Å². The lowest BCUT2D eigenvalue weighted by Crippen LogP contribution is -2.09. The second-order valence-corrected chi connectivity index (χ2v) is 3.51. The largest absolute Gasteiger partial charge is 0.465 e. The van der Waals surface area contributed by atoms with Gasteiger partial charge in [-0.1, -0.05) is 0 Å². The van der Waals surface area contributed by atoms with Crippen LogP contribution in [0, 0.1) is 5.82 Å². The van der Waals surface area contributed by atoms with Gasteiger partial charge in [0.1, 0.15) is 5.82 Å². The fourth-order valence-corrected chi connectivity index (χ4v) is 1.52. The number of H-pyrrole nitrogens is 1. The van der Waals surface area contributed by atoms with Crippen LogP contribution in [0.4, 0.5) is 4.39 Å². The number of nitrogens with one attached hydrogen (secondary N) is 1. The van der Waals surface area contributed by atoms with Crippen molar-refractivity contribution in [2.75, 3.05) is 7.11 Å². The zero-order chi connectivity index (χ0) is 13.1. The molecular formula is C12H9FN2O3. The van der Waals surface area contributed by atoms with E-state index < -0.39 is 17.5 Å². The summed E-state index contributed by atoms with van der Waals surface area (Å²) in [5.74, 6) is -1.24. The molecule has 1 N–H and O–H groups in total. The van der Waals surface area contributed by atoms with Crippen molar-refractivity contribution in [1.29, 1.82) is 0 Å². The van der Waals surface area contributed by atoms with Gasteiger partial charge >= 0.3 is 11.7 Å². The van der Waals surface area contributed by atoms with E-state index in [-0.39, 0.29) is 5.56 Å². The van der Waals surface area contributed by atoms with Crippen LogP contribution in [0.2, 0.25) is 0 Å². The number of rotatable bonds is 2. The third-order valence-corrected chi connectivity index (χ3v) is 2.30. The number of hydrogen-bond acceptors (Lipinski definition) is 4. The minimum absolute atomic E-state index is 0.0742. The van der Waals surface area contributed by atoms with E-state index in [1.807, 2.05) is 0 Å². The molecule has 18 heavy (non-hydrogen) atoms. The molecule has 1 heterocycles. The van der Waals surface area contributed by atoms with E-state index in [9.17, 15) is 14.0 Å². The normalized spacial score (nSPS) is 10.1. The molecule has 1 aromatic carbocycles. The fraction of sp³-hybridized carbons (Fsp3) is 0.0833. The lowest BCUT2D eigenvalue weighted by Gasteiger charge is -2.04. The van der Waals surface area contributed by atoms with E-state index in [4.69, 9.17) is 0 Å². The first-order valence-electron chi connectivity index (χ1n) is 5.05. The molecular weight excluding hydrogens is 239 g/mol. The van der Waals surface area contributed by atoms with Crippen LogP contribution in [0.1, 0.15) is 10.4 Å². The molecule has 2 aromatic rings. The number of aromatic amines is 1. The van der Waals surface area contributed by atoms with Crippen molar-refractivity contribution in [2.45, 2.75) is 0 Å². The number of ether oxygens (including phenoxy) is 1. The molecule has 0 atom stereocenters. The summed E-state index contributed by atoms with van der Waals surface area (Å²) in [6.07, 6.45) is 1.30. The number of carbonyl (C=O) groups is 1. The van der Waals surface area contributed by atoms with E-state index in [2.05, 4.69) is 14.7 Å². The molecule has 0 spiro atoms. The molecule has 0 aliphatic rings. The van der Waals surface area contributed by atoms with E-state index in [0.717, 1.165) is 6.07 Å². The number of halogens is 1. The number of benzene rings is 1. The molecule has 5 nitrogen and oxygen atoms in total. The van der Waals surface area contributed by atoms with Gasteiger partial charge < -0.3 is 9.72 Å². The van der Waals surface area contributed by atoms with Crippen LogP contribution in [0.5, 0.6) is 0 Å². The Balaban J connectivity index is 2.55. The summed E-state index contributed by atoms with van der Waals surface area (Å²) < 4.78 is 17.9. The number of carbonyl (C=O) groups excluding carboxylic acids is 1. The Bertz CT molecular complexity index is 652. The van der Waals surface area contributed by atoms with Crippen LogP contribution in [-0.4, -0.2) is 23.0 Å². The van der Waals surface area contributed by atoms with E-state index >= 15 is 0 Å². The van der Waals surface area contributed by atoms with Gasteiger partial charge in [-0.05, 0) is 24.3 Å². The topological polar surface area (TPSA) is 72.0 Å². The maximum atomic E-state index is 13.4. The highest BCUT2D eigenvalue weighted by Gasteiger charge is 2.10. The van der Waals surface area contributed by atoms with E-state index in [1.165, 1.54) is 31.5 Å². The number of hydrogen-bond donors (Lipinski definition) is 1. The first-order chi connectivity index (χ1) is 8.60. The second-order valence-electron chi connectivity index (χ2n) is 3.51. The van der Waals surface area contributed by atoms with Crippen molar-refractivity contribution in [3.63, 3.8) is 0 Å². The van der Waals surface area contributed by atoms with Crippen molar-refractivity contribution in [2.24, 2.45) is 0 Å². The zero-order valence-electron chi connectivity index (χ0n) is 9.44. The first kappa shape index (κ1) is 12.0. The van der Waals surface area contributed by atoms with E-state index in [0.29, 0.717) is 11.3 Å². The van der Waals surface area contributed by atoms with Crippen molar-refractivity contribution >= 4 is 5.97 Å². The Morgan fingerprint density at radius 3 is 2.83 bits per heavy atom. The lowest BCUT2D eigenvalue weighted by molar-refractivity contribution is 0.0600. The Hall–Kier alpha value is -2.50. The average molecular weight is 248 g/mol. The monoisotopic (exact) mass is 248 g/mol. The van der Waals surface area contributed by atoms with Crippen LogP contribution in [-0.2, 0) is 4.74 Å². The molecule has 0 bridgehead atoms. The van der Waals surface area contributed by atoms with Gasteiger partial charge in [-0.3, -0.25) is 0 Å². The zero-order valence-corrected chi connectivity index (χ0v) is 9.44. The second kappa shape index (κ2) is 4.79. The van der Waals surface area contributed by atoms with Crippen LogP contribution in [0.3, 0.4) is 0 Å². The predicted molar refractivity (Wildman–Crippen MR) is 61.6 cm³/mol. The number of nitrogens with zero attached hydrogens (tertiary/aromatic N) is 1. The summed E-state index contributed by atoms with van der Waals surface area (Å²) in [4.78, 5) is 28.3. The Morgan fingerprint density at radius 1 is 1.39 bits per heavy atom. The average Bonchev–Trinajstić information content (AvgIpc) is 2.37. The summed E-state index contributed by atoms with van der Waals surface area (Å²) in [5, 5.41) is 0. The molecule has 6 heteroatoms. The van der Waals surface area contributed by atoms with Gasteiger partial charge in [0.2, 0.25) is 0 Å². The predicted octanol–water partition coefficient (Wildman–Crippen LogP) is 1.36. The molecule has 0 aliphatic carbocycles. The van der Waals surface area contributed by atoms with Crippen LogP contribution < -0.4 is 5.69 Å². The Morgan fingerprint density at radius 2 is 2.17 bits per heavy atom. The van der Waals surface area contributed by atoms with E-state index in [1.54, 1.807) is 0 Å². The van der Waals surface area contributed by atoms with Crippen LogP contribution in [0.15, 0.2) is 35.3 Å². The minimum atomic E-state index is -0.646. The Labute approximate surface area is 101 Å². The van der Waals surface area contributed by atoms with Gasteiger partial charge in [-0.2, -0.15) is 0 Å². The van der Waals surface area contributed by atoms with Gasteiger partial charge in [-0.15, -0.1) is 0 Å². The highest BCUT2D eigenvalue weighted by atomic mass is 19.1. The summed E-state index contributed by atoms with van der Waals surface area (Å²) in [6, 6.07) is 5.21. The summed E-state index contributed by atoms with van der Waals surface area (Å²) in [6.45, 7) is 0. The van der Waals surface area contributed by atoms with Gasteiger partial charge in [0, 0.05) is 11.8 Å². The first-order valence-corrected chi connectivity index (χ1v) is 5.05. The highest BCUT2D eigenvalue weighted by Crippen LogP contribution is 2.19. The van der Waals surface area contributed by atoms with Gasteiger partial charge in [0.05, 0.1) is 18.4 Å².